The van der Waals surface area contributed by atoms with E-state index < -0.39 is 0 Å². The van der Waals surface area contributed by atoms with Crippen molar-refractivity contribution in [2.45, 2.75) is 59.4 Å². The molecular formula is C22H27N5O. The second-order valence-electron chi connectivity index (χ2n) is 7.88. The number of likely N-dealkylation sites (tertiary alicyclic amines) is 1. The van der Waals surface area contributed by atoms with E-state index >= 15 is 0 Å². The van der Waals surface area contributed by atoms with E-state index in [1.165, 1.54) is 12.0 Å². The smallest absolute Gasteiger partial charge is 0.253 e. The number of hydrogen-bond donors (Lipinski definition) is 0. The Bertz CT molecular complexity index is 1020. The van der Waals surface area contributed by atoms with E-state index in [1.54, 1.807) is 4.52 Å². The molecule has 2 aromatic heterocycles. The Morgan fingerprint density at radius 2 is 1.86 bits per heavy atom. The van der Waals surface area contributed by atoms with E-state index in [0.29, 0.717) is 24.1 Å². The number of aryl methyl sites for hydroxylation is 3. The summed E-state index contributed by atoms with van der Waals surface area (Å²) in [5, 5.41) is 4.67. The number of carbonyl (C=O) groups excluding carboxylic acids is 1. The Hall–Kier alpha value is -2.76. The summed E-state index contributed by atoms with van der Waals surface area (Å²) in [5.74, 6) is 1.41. The number of rotatable bonds is 3. The quantitative estimate of drug-likeness (QED) is 0.699. The molecule has 4 rings (SSSR count). The van der Waals surface area contributed by atoms with Crippen molar-refractivity contribution in [2.24, 2.45) is 0 Å². The molecule has 146 valence electrons. The van der Waals surface area contributed by atoms with Crippen LogP contribution in [0.5, 0.6) is 0 Å². The van der Waals surface area contributed by atoms with Gasteiger partial charge in [-0.3, -0.25) is 4.79 Å². The summed E-state index contributed by atoms with van der Waals surface area (Å²) in [5.41, 5.74) is 4.91. The van der Waals surface area contributed by atoms with Gasteiger partial charge in [-0.1, -0.05) is 29.8 Å². The number of nitrogens with zero attached hydrogens (tertiary/aromatic N) is 5. The highest BCUT2D eigenvalue weighted by molar-refractivity contribution is 5.79. The highest BCUT2D eigenvalue weighted by Crippen LogP contribution is 2.22. The summed E-state index contributed by atoms with van der Waals surface area (Å²) < 4.78 is 1.77. The molecule has 3 heterocycles. The molecule has 1 aliphatic rings. The third-order valence-electron chi connectivity index (χ3n) is 5.81. The number of amides is 1. The summed E-state index contributed by atoms with van der Waals surface area (Å²) in [7, 11) is 0. The van der Waals surface area contributed by atoms with Crippen molar-refractivity contribution < 1.29 is 4.79 Å². The van der Waals surface area contributed by atoms with Crippen LogP contribution >= 0.6 is 0 Å². The summed E-state index contributed by atoms with van der Waals surface area (Å²) in [4.78, 5) is 24.2. The first-order valence-electron chi connectivity index (χ1n) is 10.0. The van der Waals surface area contributed by atoms with Crippen molar-refractivity contribution >= 4 is 11.7 Å². The number of aromatic nitrogens is 4. The predicted octanol–water partition coefficient (Wildman–Crippen LogP) is 3.66. The molecule has 6 heteroatoms. The average molecular weight is 377 g/mol. The largest absolute Gasteiger partial charge is 0.340 e. The first-order chi connectivity index (χ1) is 13.4. The van der Waals surface area contributed by atoms with E-state index in [9.17, 15) is 4.79 Å². The highest BCUT2D eigenvalue weighted by Gasteiger charge is 2.25. The lowest BCUT2D eigenvalue weighted by Gasteiger charge is -2.33. The van der Waals surface area contributed by atoms with Crippen LogP contribution in [0.3, 0.4) is 0 Å². The minimum Gasteiger partial charge on any atom is -0.340 e. The van der Waals surface area contributed by atoms with Gasteiger partial charge in [0.15, 0.2) is 5.82 Å². The molecule has 28 heavy (non-hydrogen) atoms. The molecule has 1 saturated heterocycles. The maximum absolute atomic E-state index is 12.9. The fraction of sp³-hybridized carbons (Fsp3) is 0.455. The van der Waals surface area contributed by atoms with Gasteiger partial charge in [-0.25, -0.2) is 9.50 Å². The van der Waals surface area contributed by atoms with Crippen LogP contribution in [0.15, 0.2) is 24.3 Å². The van der Waals surface area contributed by atoms with Crippen LogP contribution < -0.4 is 0 Å². The standard InChI is InChI=1S/C22H27N5O/c1-14-8-10-18(11-9-14)21-24-22-23-16(3)19(17(4)27(22)25-21)13-20(28)26-12-6-5-7-15(26)2/h8-11,15H,5-7,12-13H2,1-4H3/t15-/m0/s1. The lowest BCUT2D eigenvalue weighted by atomic mass is 10.0. The zero-order chi connectivity index (χ0) is 19.8. The molecule has 0 saturated carbocycles. The number of benzene rings is 1. The van der Waals surface area contributed by atoms with Crippen molar-refractivity contribution in [3.8, 4) is 11.4 Å². The SMILES string of the molecule is Cc1ccc(-c2nc3nc(C)c(CC(=O)N4CCCC[C@@H]4C)c(C)n3n2)cc1. The molecule has 3 aromatic rings. The Kier molecular flexibility index (Phi) is 4.87. The third-order valence-corrected chi connectivity index (χ3v) is 5.81. The van der Waals surface area contributed by atoms with E-state index in [-0.39, 0.29) is 5.91 Å². The molecule has 0 bridgehead atoms. The van der Waals surface area contributed by atoms with Gasteiger partial charge in [-0.2, -0.15) is 4.98 Å². The van der Waals surface area contributed by atoms with Gasteiger partial charge in [0.1, 0.15) is 0 Å². The van der Waals surface area contributed by atoms with Crippen molar-refractivity contribution in [3.05, 3.63) is 46.8 Å². The van der Waals surface area contributed by atoms with Crippen LogP contribution in [-0.2, 0) is 11.2 Å². The summed E-state index contributed by atoms with van der Waals surface area (Å²) in [6.45, 7) is 9.01. The normalized spacial score (nSPS) is 17.3. The maximum atomic E-state index is 12.9. The maximum Gasteiger partial charge on any atom is 0.253 e. The van der Waals surface area contributed by atoms with Crippen molar-refractivity contribution in [3.63, 3.8) is 0 Å². The van der Waals surface area contributed by atoms with Crippen LogP contribution in [0.2, 0.25) is 0 Å². The first kappa shape index (κ1) is 18.6. The van der Waals surface area contributed by atoms with Gasteiger partial charge in [0.05, 0.1) is 6.42 Å². The summed E-state index contributed by atoms with van der Waals surface area (Å²) in [6, 6.07) is 8.47. The van der Waals surface area contributed by atoms with Gasteiger partial charge in [-0.15, -0.1) is 5.10 Å². The van der Waals surface area contributed by atoms with Gasteiger partial charge < -0.3 is 4.90 Å². The minimum absolute atomic E-state index is 0.179. The van der Waals surface area contributed by atoms with E-state index in [1.807, 2.05) is 30.9 Å². The van der Waals surface area contributed by atoms with Crippen LogP contribution in [0.4, 0.5) is 0 Å². The molecule has 1 aromatic carbocycles. The molecule has 1 fully saturated rings. The molecule has 0 unspecified atom stereocenters. The molecule has 0 aliphatic carbocycles. The minimum atomic E-state index is 0.179. The highest BCUT2D eigenvalue weighted by atomic mass is 16.2. The summed E-state index contributed by atoms with van der Waals surface area (Å²) >= 11 is 0. The van der Waals surface area contributed by atoms with Gasteiger partial charge in [-0.05, 0) is 47.0 Å². The first-order valence-corrected chi connectivity index (χ1v) is 10.0. The van der Waals surface area contributed by atoms with E-state index in [0.717, 1.165) is 41.9 Å². The topological polar surface area (TPSA) is 63.4 Å². The lowest BCUT2D eigenvalue weighted by Crippen LogP contribution is -2.43. The Morgan fingerprint density at radius 1 is 1.11 bits per heavy atom. The number of fused-ring (bicyclic) bond motifs is 1. The van der Waals surface area contributed by atoms with Crippen LogP contribution in [0, 0.1) is 20.8 Å². The molecular weight excluding hydrogens is 350 g/mol. The van der Waals surface area contributed by atoms with Crippen molar-refractivity contribution in [1.29, 1.82) is 0 Å². The molecule has 6 nitrogen and oxygen atoms in total. The zero-order valence-electron chi connectivity index (χ0n) is 17.1. The Labute approximate surface area is 165 Å². The molecule has 0 N–H and O–H groups in total. The second-order valence-corrected chi connectivity index (χ2v) is 7.88. The summed E-state index contributed by atoms with van der Waals surface area (Å²) in [6.07, 6.45) is 3.75. The fourth-order valence-electron chi connectivity index (χ4n) is 4.01. The fourth-order valence-corrected chi connectivity index (χ4v) is 4.01. The molecule has 0 spiro atoms. The van der Waals surface area contributed by atoms with Crippen molar-refractivity contribution in [1.82, 2.24) is 24.5 Å². The molecule has 0 radical (unpaired) electrons. The van der Waals surface area contributed by atoms with Crippen molar-refractivity contribution in [2.75, 3.05) is 6.54 Å². The Morgan fingerprint density at radius 3 is 2.57 bits per heavy atom. The lowest BCUT2D eigenvalue weighted by molar-refractivity contribution is -0.133. The monoisotopic (exact) mass is 377 g/mol. The van der Waals surface area contributed by atoms with Gasteiger partial charge in [0.2, 0.25) is 5.91 Å². The average Bonchev–Trinajstić information content (AvgIpc) is 3.10. The molecule has 1 amide bonds. The van der Waals surface area contributed by atoms with Gasteiger partial charge in [0, 0.05) is 35.1 Å². The Balaban J connectivity index is 1.67. The molecule has 1 aliphatic heterocycles. The second kappa shape index (κ2) is 7.34. The zero-order valence-corrected chi connectivity index (χ0v) is 17.1. The van der Waals surface area contributed by atoms with E-state index in [2.05, 4.69) is 41.0 Å². The number of carbonyl (C=O) groups is 1. The number of hydrogen-bond acceptors (Lipinski definition) is 4. The van der Waals surface area contributed by atoms with Crippen LogP contribution in [-0.4, -0.2) is 43.0 Å². The van der Waals surface area contributed by atoms with Gasteiger partial charge >= 0.3 is 0 Å². The number of piperidine rings is 1. The third kappa shape index (κ3) is 3.39. The van der Waals surface area contributed by atoms with Crippen LogP contribution in [0.1, 0.15) is 48.7 Å². The van der Waals surface area contributed by atoms with E-state index in [4.69, 9.17) is 0 Å². The molecule has 1 atom stereocenters. The van der Waals surface area contributed by atoms with Gasteiger partial charge in [0.25, 0.3) is 5.78 Å². The van der Waals surface area contributed by atoms with Crippen LogP contribution in [0.25, 0.3) is 17.2 Å². The predicted molar refractivity (Wildman–Crippen MR) is 109 cm³/mol.